The average Bonchev–Trinajstić information content (AvgIpc) is 3.49. The number of aromatic nitrogens is 1. The lowest BCUT2D eigenvalue weighted by Gasteiger charge is -2.50. The molecule has 1 saturated carbocycles. The van der Waals surface area contributed by atoms with E-state index < -0.39 is 0 Å². The van der Waals surface area contributed by atoms with E-state index in [4.69, 9.17) is 4.98 Å². The third-order valence-corrected chi connectivity index (χ3v) is 6.92. The zero-order valence-corrected chi connectivity index (χ0v) is 17.4. The standard InChI is InChI=1S/C22H31N5O/c1-16-12-17(2)24-21(19(16)13-23)27-11-10-25(3)22(15-27)7-6-20(28)26(9-8-22)14-18-4-5-18/h12,18H,4-11,14-15H2,1-3H3/t22-/m0/s1. The molecule has 3 heterocycles. The number of carbonyl (C=O) groups excluding carboxylic acids is 1. The largest absolute Gasteiger partial charge is 0.352 e. The van der Waals surface area contributed by atoms with Crippen molar-refractivity contribution in [1.29, 1.82) is 5.26 Å². The number of aryl methyl sites for hydroxylation is 2. The molecule has 0 unspecified atom stereocenters. The van der Waals surface area contributed by atoms with E-state index in [1.807, 2.05) is 19.9 Å². The number of pyridine rings is 1. The number of nitrogens with zero attached hydrogens (tertiary/aromatic N) is 5. The van der Waals surface area contributed by atoms with Crippen molar-refractivity contribution in [2.24, 2.45) is 5.92 Å². The highest BCUT2D eigenvalue weighted by Gasteiger charge is 2.43. The molecule has 150 valence electrons. The van der Waals surface area contributed by atoms with E-state index in [1.54, 1.807) is 0 Å². The van der Waals surface area contributed by atoms with Crippen molar-refractivity contribution in [2.75, 3.05) is 44.7 Å². The number of likely N-dealkylation sites (tertiary alicyclic amines) is 1. The van der Waals surface area contributed by atoms with Gasteiger partial charge in [-0.1, -0.05) is 0 Å². The third-order valence-electron chi connectivity index (χ3n) is 6.92. The first-order valence-corrected chi connectivity index (χ1v) is 10.5. The minimum absolute atomic E-state index is 0.0295. The molecule has 4 rings (SSSR count). The summed E-state index contributed by atoms with van der Waals surface area (Å²) in [6, 6.07) is 4.35. The van der Waals surface area contributed by atoms with Gasteiger partial charge in [-0.3, -0.25) is 9.69 Å². The van der Waals surface area contributed by atoms with E-state index in [9.17, 15) is 10.1 Å². The van der Waals surface area contributed by atoms with Gasteiger partial charge in [0.2, 0.25) is 5.91 Å². The Hall–Kier alpha value is -2.13. The SMILES string of the molecule is Cc1cc(C)c(C#N)c(N2CCN(C)[C@]3(CCC(=O)N(CC4CC4)CC3)C2)n1. The van der Waals surface area contributed by atoms with Gasteiger partial charge in [0.05, 0.1) is 5.56 Å². The number of piperazine rings is 1. The van der Waals surface area contributed by atoms with Gasteiger partial charge >= 0.3 is 0 Å². The normalized spacial score (nSPS) is 26.4. The summed E-state index contributed by atoms with van der Waals surface area (Å²) in [5.41, 5.74) is 2.60. The second-order valence-electron chi connectivity index (χ2n) is 8.99. The number of hydrogen-bond acceptors (Lipinski definition) is 5. The monoisotopic (exact) mass is 381 g/mol. The van der Waals surface area contributed by atoms with Crippen LogP contribution in [-0.2, 0) is 4.79 Å². The molecule has 1 aromatic rings. The number of rotatable bonds is 3. The second-order valence-corrected chi connectivity index (χ2v) is 8.99. The van der Waals surface area contributed by atoms with Crippen LogP contribution in [0.4, 0.5) is 5.82 Å². The van der Waals surface area contributed by atoms with Crippen LogP contribution in [0.1, 0.15) is 48.9 Å². The predicted octanol–water partition coefficient (Wildman–Crippen LogP) is 2.48. The van der Waals surface area contributed by atoms with Gasteiger partial charge in [0, 0.05) is 50.4 Å². The topological polar surface area (TPSA) is 63.5 Å². The highest BCUT2D eigenvalue weighted by atomic mass is 16.2. The first kappa shape index (κ1) is 19.2. The van der Waals surface area contributed by atoms with Crippen LogP contribution in [0.5, 0.6) is 0 Å². The molecule has 3 fully saturated rings. The van der Waals surface area contributed by atoms with Crippen molar-refractivity contribution < 1.29 is 4.79 Å². The summed E-state index contributed by atoms with van der Waals surface area (Å²) in [6.45, 7) is 8.39. The van der Waals surface area contributed by atoms with Crippen molar-refractivity contribution >= 4 is 11.7 Å². The first-order valence-electron chi connectivity index (χ1n) is 10.5. The Morgan fingerprint density at radius 3 is 2.75 bits per heavy atom. The molecule has 1 aliphatic carbocycles. The quantitative estimate of drug-likeness (QED) is 0.805. The maximum atomic E-state index is 12.7. The lowest BCUT2D eigenvalue weighted by molar-refractivity contribution is -0.130. The summed E-state index contributed by atoms with van der Waals surface area (Å²) >= 11 is 0. The van der Waals surface area contributed by atoms with E-state index in [0.717, 1.165) is 68.6 Å². The van der Waals surface area contributed by atoms with Crippen LogP contribution in [0, 0.1) is 31.1 Å². The zero-order chi connectivity index (χ0) is 19.9. The van der Waals surface area contributed by atoms with Crippen molar-refractivity contribution in [1.82, 2.24) is 14.8 Å². The van der Waals surface area contributed by atoms with Gasteiger partial charge < -0.3 is 9.80 Å². The smallest absolute Gasteiger partial charge is 0.222 e. The fourth-order valence-electron chi connectivity index (χ4n) is 4.86. The van der Waals surface area contributed by atoms with Crippen LogP contribution in [0.25, 0.3) is 0 Å². The average molecular weight is 382 g/mol. The maximum absolute atomic E-state index is 12.7. The Balaban J connectivity index is 1.58. The van der Waals surface area contributed by atoms with Gasteiger partial charge in [-0.05, 0) is 64.1 Å². The highest BCUT2D eigenvalue weighted by molar-refractivity contribution is 5.76. The minimum atomic E-state index is -0.0295. The number of hydrogen-bond donors (Lipinski definition) is 0. The molecule has 0 N–H and O–H groups in total. The van der Waals surface area contributed by atoms with Crippen LogP contribution in [-0.4, -0.2) is 66.0 Å². The summed E-state index contributed by atoms with van der Waals surface area (Å²) in [7, 11) is 2.19. The maximum Gasteiger partial charge on any atom is 0.222 e. The molecule has 6 heteroatoms. The fourth-order valence-corrected chi connectivity index (χ4v) is 4.86. The summed E-state index contributed by atoms with van der Waals surface area (Å²) in [5, 5.41) is 9.70. The van der Waals surface area contributed by atoms with Gasteiger partial charge in [-0.25, -0.2) is 4.98 Å². The Morgan fingerprint density at radius 1 is 1.25 bits per heavy atom. The minimum Gasteiger partial charge on any atom is -0.352 e. The first-order chi connectivity index (χ1) is 13.4. The molecule has 3 aliphatic rings. The van der Waals surface area contributed by atoms with Gasteiger partial charge in [-0.15, -0.1) is 0 Å². The van der Waals surface area contributed by atoms with Gasteiger partial charge in [0.1, 0.15) is 11.9 Å². The van der Waals surface area contributed by atoms with Crippen LogP contribution in [0.3, 0.4) is 0 Å². The number of nitriles is 1. The third kappa shape index (κ3) is 3.60. The molecular formula is C22H31N5O. The van der Waals surface area contributed by atoms with Crippen LogP contribution < -0.4 is 4.90 Å². The Labute approximate surface area is 168 Å². The Kier molecular flexibility index (Phi) is 5.05. The van der Waals surface area contributed by atoms with E-state index >= 15 is 0 Å². The molecule has 1 aromatic heterocycles. The van der Waals surface area contributed by atoms with E-state index in [-0.39, 0.29) is 5.54 Å². The van der Waals surface area contributed by atoms with E-state index in [0.29, 0.717) is 17.9 Å². The number of amides is 1. The lowest BCUT2D eigenvalue weighted by atomic mass is 9.86. The Morgan fingerprint density at radius 2 is 2.04 bits per heavy atom. The molecule has 0 aromatic carbocycles. The molecule has 1 spiro atoms. The van der Waals surface area contributed by atoms with Crippen molar-refractivity contribution in [3.63, 3.8) is 0 Å². The highest BCUT2D eigenvalue weighted by Crippen LogP contribution is 2.36. The number of anilines is 1. The second kappa shape index (κ2) is 7.36. The lowest BCUT2D eigenvalue weighted by Crippen LogP contribution is -2.61. The number of carbonyl (C=O) groups is 1. The van der Waals surface area contributed by atoms with Crippen LogP contribution >= 0.6 is 0 Å². The molecule has 2 aliphatic heterocycles. The molecular weight excluding hydrogens is 350 g/mol. The molecule has 1 amide bonds. The molecule has 0 bridgehead atoms. The molecule has 28 heavy (non-hydrogen) atoms. The molecule has 0 radical (unpaired) electrons. The van der Waals surface area contributed by atoms with Crippen LogP contribution in [0.15, 0.2) is 6.07 Å². The molecule has 6 nitrogen and oxygen atoms in total. The van der Waals surface area contributed by atoms with Gasteiger partial charge in [0.25, 0.3) is 0 Å². The molecule has 2 saturated heterocycles. The van der Waals surface area contributed by atoms with E-state index in [1.165, 1.54) is 12.8 Å². The van der Waals surface area contributed by atoms with Crippen molar-refractivity contribution in [3.8, 4) is 6.07 Å². The van der Waals surface area contributed by atoms with Crippen molar-refractivity contribution in [2.45, 2.75) is 51.5 Å². The van der Waals surface area contributed by atoms with E-state index in [2.05, 4.69) is 27.8 Å². The predicted molar refractivity (Wildman–Crippen MR) is 109 cm³/mol. The van der Waals surface area contributed by atoms with Crippen LogP contribution in [0.2, 0.25) is 0 Å². The summed E-state index contributed by atoms with van der Waals surface area (Å²) in [5.74, 6) is 1.87. The number of likely N-dealkylation sites (N-methyl/N-ethyl adjacent to an activating group) is 1. The summed E-state index contributed by atoms with van der Waals surface area (Å²) < 4.78 is 0. The summed E-state index contributed by atoms with van der Waals surface area (Å²) in [6.07, 6.45) is 5.05. The Bertz CT molecular complexity index is 812. The molecule has 1 atom stereocenters. The zero-order valence-electron chi connectivity index (χ0n) is 17.4. The fraction of sp³-hybridized carbons (Fsp3) is 0.682. The summed E-state index contributed by atoms with van der Waals surface area (Å²) in [4.78, 5) is 24.3. The van der Waals surface area contributed by atoms with Gasteiger partial charge in [0.15, 0.2) is 0 Å². The van der Waals surface area contributed by atoms with Crippen molar-refractivity contribution in [3.05, 3.63) is 22.9 Å². The van der Waals surface area contributed by atoms with Gasteiger partial charge in [-0.2, -0.15) is 5.26 Å².